The van der Waals surface area contributed by atoms with Crippen LogP contribution in [0.2, 0.25) is 0 Å². The highest BCUT2D eigenvalue weighted by Gasteiger charge is 2.21. The Hall–Kier alpha value is -2.38. The molecule has 0 N–H and O–H groups in total. The molecule has 1 fully saturated rings. The van der Waals surface area contributed by atoms with Crippen molar-refractivity contribution in [2.24, 2.45) is 0 Å². The molecular weight excluding hydrogens is 368 g/mol. The van der Waals surface area contributed by atoms with Crippen molar-refractivity contribution in [3.05, 3.63) is 47.7 Å². The highest BCUT2D eigenvalue weighted by atomic mass is 16.5. The Morgan fingerprint density at radius 2 is 1.76 bits per heavy atom. The summed E-state index contributed by atoms with van der Waals surface area (Å²) in [4.78, 5) is 23.1. The fourth-order valence-corrected chi connectivity index (χ4v) is 3.53. The van der Waals surface area contributed by atoms with Crippen LogP contribution in [0.15, 0.2) is 34.9 Å². The van der Waals surface area contributed by atoms with Gasteiger partial charge in [-0.3, -0.25) is 14.6 Å². The van der Waals surface area contributed by atoms with Gasteiger partial charge in [-0.05, 0) is 31.0 Å². The first-order valence-electron chi connectivity index (χ1n) is 10.4. The Morgan fingerprint density at radius 3 is 2.38 bits per heavy atom. The number of aromatic nitrogens is 1. The Bertz CT molecular complexity index is 767. The number of nitrogens with zero attached hydrogens (tertiary/aromatic N) is 4. The fourth-order valence-electron chi connectivity index (χ4n) is 3.53. The van der Waals surface area contributed by atoms with Crippen LogP contribution in [0.1, 0.15) is 42.2 Å². The van der Waals surface area contributed by atoms with Gasteiger partial charge in [-0.15, -0.1) is 0 Å². The lowest BCUT2D eigenvalue weighted by Crippen LogP contribution is -2.45. The van der Waals surface area contributed by atoms with Gasteiger partial charge in [-0.25, -0.2) is 4.98 Å². The van der Waals surface area contributed by atoms with Gasteiger partial charge in [-0.1, -0.05) is 19.1 Å². The van der Waals surface area contributed by atoms with Crippen LogP contribution in [0.5, 0.6) is 5.75 Å². The number of amides is 1. The normalized spacial score (nSPS) is 15.4. The molecule has 2 aromatic rings. The molecule has 0 bridgehead atoms. The average molecular weight is 401 g/mol. The van der Waals surface area contributed by atoms with Gasteiger partial charge in [0.05, 0.1) is 13.2 Å². The van der Waals surface area contributed by atoms with Crippen LogP contribution in [0.3, 0.4) is 0 Å². The van der Waals surface area contributed by atoms with Gasteiger partial charge in [0.2, 0.25) is 5.89 Å². The molecular formula is C22H32N4O3. The molecule has 1 aliphatic heterocycles. The SMILES string of the molecule is CCCN(C)C(=O)c1coc(CN2CCN(Cc3ccc(OCC)cc3)CC2)n1. The smallest absolute Gasteiger partial charge is 0.275 e. The van der Waals surface area contributed by atoms with E-state index in [1.54, 1.807) is 11.9 Å². The van der Waals surface area contributed by atoms with Gasteiger partial charge < -0.3 is 14.1 Å². The van der Waals surface area contributed by atoms with E-state index in [9.17, 15) is 4.79 Å². The quantitative estimate of drug-likeness (QED) is 0.645. The van der Waals surface area contributed by atoms with E-state index in [1.807, 2.05) is 26.0 Å². The van der Waals surface area contributed by atoms with Crippen LogP contribution in [0.25, 0.3) is 0 Å². The number of carbonyl (C=O) groups is 1. The maximum absolute atomic E-state index is 12.3. The second kappa shape index (κ2) is 10.4. The van der Waals surface area contributed by atoms with Crippen molar-refractivity contribution in [3.63, 3.8) is 0 Å². The summed E-state index contributed by atoms with van der Waals surface area (Å²) in [6.07, 6.45) is 2.40. The highest BCUT2D eigenvalue weighted by Crippen LogP contribution is 2.16. The molecule has 29 heavy (non-hydrogen) atoms. The minimum Gasteiger partial charge on any atom is -0.494 e. The second-order valence-corrected chi connectivity index (χ2v) is 7.48. The zero-order chi connectivity index (χ0) is 20.6. The van der Waals surface area contributed by atoms with Crippen LogP contribution >= 0.6 is 0 Å². The van der Waals surface area contributed by atoms with E-state index in [-0.39, 0.29) is 5.91 Å². The van der Waals surface area contributed by atoms with Crippen molar-refractivity contribution in [1.82, 2.24) is 19.7 Å². The number of oxazole rings is 1. The molecule has 1 aromatic heterocycles. The Labute approximate surface area is 173 Å². The zero-order valence-corrected chi connectivity index (χ0v) is 17.8. The van der Waals surface area contributed by atoms with Crippen molar-refractivity contribution in [3.8, 4) is 5.75 Å². The number of piperazine rings is 1. The predicted molar refractivity (Wildman–Crippen MR) is 112 cm³/mol. The van der Waals surface area contributed by atoms with E-state index in [0.29, 0.717) is 24.7 Å². The molecule has 0 saturated carbocycles. The summed E-state index contributed by atoms with van der Waals surface area (Å²) in [5.41, 5.74) is 1.69. The van der Waals surface area contributed by atoms with Gasteiger partial charge in [0.25, 0.3) is 5.91 Å². The minimum absolute atomic E-state index is 0.0815. The van der Waals surface area contributed by atoms with E-state index in [0.717, 1.165) is 51.4 Å². The molecule has 0 atom stereocenters. The molecule has 0 radical (unpaired) electrons. The summed E-state index contributed by atoms with van der Waals surface area (Å²) in [6.45, 7) is 11.0. The molecule has 158 valence electrons. The number of ether oxygens (including phenoxy) is 1. The third-order valence-corrected chi connectivity index (χ3v) is 5.14. The first-order chi connectivity index (χ1) is 14.1. The Balaban J connectivity index is 1.44. The average Bonchev–Trinajstić information content (AvgIpc) is 3.19. The summed E-state index contributed by atoms with van der Waals surface area (Å²) in [5, 5.41) is 0. The van der Waals surface area contributed by atoms with E-state index in [1.165, 1.54) is 11.8 Å². The molecule has 7 nitrogen and oxygen atoms in total. The largest absolute Gasteiger partial charge is 0.494 e. The van der Waals surface area contributed by atoms with E-state index in [2.05, 4.69) is 26.9 Å². The van der Waals surface area contributed by atoms with Gasteiger partial charge in [0.15, 0.2) is 5.69 Å². The van der Waals surface area contributed by atoms with Crippen molar-refractivity contribution >= 4 is 5.91 Å². The lowest BCUT2D eigenvalue weighted by Gasteiger charge is -2.34. The first-order valence-corrected chi connectivity index (χ1v) is 10.4. The molecule has 7 heteroatoms. The molecule has 1 amide bonds. The lowest BCUT2D eigenvalue weighted by atomic mass is 10.2. The third kappa shape index (κ3) is 6.05. The summed E-state index contributed by atoms with van der Waals surface area (Å²) in [6, 6.07) is 8.35. The summed E-state index contributed by atoms with van der Waals surface area (Å²) in [7, 11) is 1.80. The molecule has 1 saturated heterocycles. The summed E-state index contributed by atoms with van der Waals surface area (Å²) >= 11 is 0. The monoisotopic (exact) mass is 400 g/mol. The third-order valence-electron chi connectivity index (χ3n) is 5.14. The molecule has 3 rings (SSSR count). The number of carbonyl (C=O) groups excluding carboxylic acids is 1. The first kappa shape index (κ1) is 21.3. The van der Waals surface area contributed by atoms with Crippen molar-refractivity contribution < 1.29 is 13.9 Å². The van der Waals surface area contributed by atoms with Crippen LogP contribution in [-0.4, -0.2) is 72.0 Å². The maximum atomic E-state index is 12.3. The molecule has 2 heterocycles. The number of benzene rings is 1. The van der Waals surface area contributed by atoms with Gasteiger partial charge in [0, 0.05) is 46.3 Å². The summed E-state index contributed by atoms with van der Waals surface area (Å²) in [5.74, 6) is 1.45. The second-order valence-electron chi connectivity index (χ2n) is 7.48. The minimum atomic E-state index is -0.0815. The lowest BCUT2D eigenvalue weighted by molar-refractivity contribution is 0.0789. The van der Waals surface area contributed by atoms with Crippen molar-refractivity contribution in [1.29, 1.82) is 0 Å². The number of rotatable bonds is 9. The van der Waals surface area contributed by atoms with E-state index < -0.39 is 0 Å². The van der Waals surface area contributed by atoms with Gasteiger partial charge >= 0.3 is 0 Å². The van der Waals surface area contributed by atoms with Crippen LogP contribution < -0.4 is 4.74 Å². The van der Waals surface area contributed by atoms with Crippen LogP contribution in [0, 0.1) is 0 Å². The zero-order valence-electron chi connectivity index (χ0n) is 17.8. The molecule has 1 aliphatic rings. The van der Waals surface area contributed by atoms with Crippen molar-refractivity contribution in [2.75, 3.05) is 46.4 Å². The predicted octanol–water partition coefficient (Wildman–Crippen LogP) is 2.87. The standard InChI is InChI=1S/C22H32N4O3/c1-4-10-24(3)22(27)20-17-29-21(23-20)16-26-13-11-25(12-14-26)15-18-6-8-19(9-7-18)28-5-2/h6-9,17H,4-5,10-16H2,1-3H3. The Kier molecular flexibility index (Phi) is 7.66. The topological polar surface area (TPSA) is 62.1 Å². The maximum Gasteiger partial charge on any atom is 0.275 e. The highest BCUT2D eigenvalue weighted by molar-refractivity contribution is 5.91. The van der Waals surface area contributed by atoms with Crippen LogP contribution in [0.4, 0.5) is 0 Å². The molecule has 0 aliphatic carbocycles. The van der Waals surface area contributed by atoms with E-state index >= 15 is 0 Å². The number of hydrogen-bond acceptors (Lipinski definition) is 6. The van der Waals surface area contributed by atoms with Crippen molar-refractivity contribution in [2.45, 2.75) is 33.4 Å². The van der Waals surface area contributed by atoms with Crippen LogP contribution in [-0.2, 0) is 13.1 Å². The number of hydrogen-bond donors (Lipinski definition) is 0. The van der Waals surface area contributed by atoms with E-state index in [4.69, 9.17) is 9.15 Å². The van der Waals surface area contributed by atoms with Gasteiger partial charge in [0.1, 0.15) is 12.0 Å². The molecule has 0 spiro atoms. The van der Waals surface area contributed by atoms with Gasteiger partial charge in [-0.2, -0.15) is 0 Å². The Morgan fingerprint density at radius 1 is 1.10 bits per heavy atom. The molecule has 0 unspecified atom stereocenters. The summed E-state index contributed by atoms with van der Waals surface area (Å²) < 4.78 is 11.0. The molecule has 1 aromatic carbocycles. The fraction of sp³-hybridized carbons (Fsp3) is 0.545.